The van der Waals surface area contributed by atoms with E-state index in [1.54, 1.807) is 0 Å². The molecule has 0 amide bonds. The summed E-state index contributed by atoms with van der Waals surface area (Å²) in [4.78, 5) is 0. The lowest BCUT2D eigenvalue weighted by Gasteiger charge is -2.34. The van der Waals surface area contributed by atoms with Gasteiger partial charge in [-0.2, -0.15) is 5.10 Å². The van der Waals surface area contributed by atoms with Crippen molar-refractivity contribution in [2.24, 2.45) is 0 Å². The van der Waals surface area contributed by atoms with Crippen LogP contribution < -0.4 is 5.32 Å². The zero-order valence-corrected chi connectivity index (χ0v) is 13.0. The fourth-order valence-corrected chi connectivity index (χ4v) is 3.28. The number of nitrogens with zero attached hydrogens (tertiary/aromatic N) is 5. The van der Waals surface area contributed by atoms with Crippen molar-refractivity contribution in [3.05, 3.63) is 30.4 Å². The van der Waals surface area contributed by atoms with Crippen LogP contribution in [0.25, 0.3) is 0 Å². The third-order valence-corrected chi connectivity index (χ3v) is 4.31. The van der Waals surface area contributed by atoms with Crippen LogP contribution in [0.3, 0.4) is 0 Å². The van der Waals surface area contributed by atoms with E-state index < -0.39 is 0 Å². The molecule has 2 aromatic rings. The summed E-state index contributed by atoms with van der Waals surface area (Å²) in [6, 6.07) is 2.97. The number of hydrogen-bond donors (Lipinski definition) is 2. The smallest absolute Gasteiger partial charge is 0.108 e. The normalized spacial score (nSPS) is 23.5. The third kappa shape index (κ3) is 3.53. The standard InChI is InChI=1S/C15H24N6O/c1-12(9-20-8-4-7-16-20)17-14-5-2-3-6-15(14)21-10-13(11-22)18-19-21/h4,7-8,10,12,14-15,17,22H,2-3,5-6,9,11H2,1H3/t12?,14-,15+/m0/s1. The van der Waals surface area contributed by atoms with Gasteiger partial charge in [0, 0.05) is 24.5 Å². The SMILES string of the molecule is CC(Cn1cccn1)N[C@H]1CCCC[C@H]1n1cc(CO)nn1. The molecule has 0 radical (unpaired) electrons. The molecule has 2 heterocycles. The van der Waals surface area contributed by atoms with Crippen molar-refractivity contribution in [3.63, 3.8) is 0 Å². The number of rotatable bonds is 6. The topological polar surface area (TPSA) is 80.8 Å². The minimum absolute atomic E-state index is 0.0550. The molecule has 2 aromatic heterocycles. The molecular weight excluding hydrogens is 280 g/mol. The molecule has 0 saturated heterocycles. The highest BCUT2D eigenvalue weighted by atomic mass is 16.3. The number of aliphatic hydroxyl groups is 1. The second-order valence-corrected chi connectivity index (χ2v) is 6.10. The van der Waals surface area contributed by atoms with E-state index in [1.807, 2.05) is 34.0 Å². The van der Waals surface area contributed by atoms with Gasteiger partial charge in [-0.15, -0.1) is 5.10 Å². The first kappa shape index (κ1) is 15.2. The Kier molecular flexibility index (Phi) is 4.84. The molecule has 7 heteroatoms. The van der Waals surface area contributed by atoms with Gasteiger partial charge in [0.2, 0.25) is 0 Å². The molecule has 3 atom stereocenters. The van der Waals surface area contributed by atoms with E-state index in [0.29, 0.717) is 23.8 Å². The van der Waals surface area contributed by atoms with Gasteiger partial charge < -0.3 is 10.4 Å². The predicted molar refractivity (Wildman–Crippen MR) is 82.1 cm³/mol. The number of aromatic nitrogens is 5. The van der Waals surface area contributed by atoms with Crippen molar-refractivity contribution in [3.8, 4) is 0 Å². The Morgan fingerprint density at radius 2 is 2.27 bits per heavy atom. The molecule has 7 nitrogen and oxygen atoms in total. The summed E-state index contributed by atoms with van der Waals surface area (Å²) < 4.78 is 3.87. The molecular formula is C15H24N6O. The van der Waals surface area contributed by atoms with E-state index in [2.05, 4.69) is 27.7 Å². The molecule has 0 spiro atoms. The quantitative estimate of drug-likeness (QED) is 0.836. The van der Waals surface area contributed by atoms with Gasteiger partial charge in [0.05, 0.1) is 25.4 Å². The third-order valence-electron chi connectivity index (χ3n) is 4.31. The van der Waals surface area contributed by atoms with Crippen LogP contribution in [0.1, 0.15) is 44.3 Å². The lowest BCUT2D eigenvalue weighted by atomic mass is 9.90. The Morgan fingerprint density at radius 3 is 3.00 bits per heavy atom. The molecule has 1 unspecified atom stereocenters. The van der Waals surface area contributed by atoms with Gasteiger partial charge in [0.1, 0.15) is 5.69 Å². The van der Waals surface area contributed by atoms with Crippen LogP contribution in [0.5, 0.6) is 0 Å². The summed E-state index contributed by atoms with van der Waals surface area (Å²) in [6.45, 7) is 2.99. The molecule has 22 heavy (non-hydrogen) atoms. The summed E-state index contributed by atoms with van der Waals surface area (Å²) in [6.07, 6.45) is 10.4. The second-order valence-electron chi connectivity index (χ2n) is 6.10. The number of hydrogen-bond acceptors (Lipinski definition) is 5. The summed E-state index contributed by atoms with van der Waals surface area (Å²) in [5.41, 5.74) is 0.633. The highest BCUT2D eigenvalue weighted by molar-refractivity contribution is 4.94. The molecule has 0 bridgehead atoms. The minimum Gasteiger partial charge on any atom is -0.390 e. The largest absolute Gasteiger partial charge is 0.390 e. The van der Waals surface area contributed by atoms with Crippen LogP contribution in [0, 0.1) is 0 Å². The van der Waals surface area contributed by atoms with Crippen molar-refractivity contribution >= 4 is 0 Å². The van der Waals surface area contributed by atoms with E-state index in [4.69, 9.17) is 5.11 Å². The van der Waals surface area contributed by atoms with E-state index in [0.717, 1.165) is 19.4 Å². The molecule has 1 aliphatic rings. The first-order valence-corrected chi connectivity index (χ1v) is 8.01. The zero-order chi connectivity index (χ0) is 15.4. The molecule has 1 aliphatic carbocycles. The Hall–Kier alpha value is -1.73. The maximum Gasteiger partial charge on any atom is 0.108 e. The lowest BCUT2D eigenvalue weighted by Crippen LogP contribution is -2.45. The van der Waals surface area contributed by atoms with Crippen LogP contribution in [0.15, 0.2) is 24.7 Å². The summed E-state index contributed by atoms with van der Waals surface area (Å²) in [5, 5.41) is 25.3. The van der Waals surface area contributed by atoms with Gasteiger partial charge in [-0.3, -0.25) is 4.68 Å². The van der Waals surface area contributed by atoms with E-state index in [-0.39, 0.29) is 6.61 Å². The molecule has 0 aliphatic heterocycles. The molecule has 1 fully saturated rings. The second kappa shape index (κ2) is 7.02. The van der Waals surface area contributed by atoms with Gasteiger partial charge in [-0.1, -0.05) is 18.1 Å². The maximum absolute atomic E-state index is 9.16. The Bertz CT molecular complexity index is 566. The first-order chi connectivity index (χ1) is 10.8. The van der Waals surface area contributed by atoms with Gasteiger partial charge in [0.15, 0.2) is 0 Å². The average molecular weight is 304 g/mol. The number of nitrogens with one attached hydrogen (secondary N) is 1. The highest BCUT2D eigenvalue weighted by Gasteiger charge is 2.28. The summed E-state index contributed by atoms with van der Waals surface area (Å²) >= 11 is 0. The molecule has 2 N–H and O–H groups in total. The van der Waals surface area contributed by atoms with Crippen molar-refractivity contribution in [2.75, 3.05) is 0 Å². The molecule has 120 valence electrons. The Labute approximate surface area is 130 Å². The van der Waals surface area contributed by atoms with Crippen molar-refractivity contribution in [1.82, 2.24) is 30.1 Å². The van der Waals surface area contributed by atoms with E-state index in [1.165, 1.54) is 12.8 Å². The fourth-order valence-electron chi connectivity index (χ4n) is 3.28. The first-order valence-electron chi connectivity index (χ1n) is 8.01. The van der Waals surface area contributed by atoms with Crippen LogP contribution in [0.4, 0.5) is 0 Å². The van der Waals surface area contributed by atoms with Gasteiger partial charge >= 0.3 is 0 Å². The average Bonchev–Trinajstić information content (AvgIpc) is 3.19. The predicted octanol–water partition coefficient (Wildman–Crippen LogP) is 1.13. The molecule has 3 rings (SSSR count). The maximum atomic E-state index is 9.16. The van der Waals surface area contributed by atoms with Crippen molar-refractivity contribution in [1.29, 1.82) is 0 Å². The van der Waals surface area contributed by atoms with Crippen LogP contribution in [-0.4, -0.2) is 42.0 Å². The monoisotopic (exact) mass is 304 g/mol. The van der Waals surface area contributed by atoms with Crippen molar-refractivity contribution in [2.45, 2.75) is 63.9 Å². The Balaban J connectivity index is 1.64. The minimum atomic E-state index is -0.0550. The van der Waals surface area contributed by atoms with Crippen LogP contribution >= 0.6 is 0 Å². The Morgan fingerprint density at radius 1 is 1.41 bits per heavy atom. The highest BCUT2D eigenvalue weighted by Crippen LogP contribution is 2.28. The van der Waals surface area contributed by atoms with Crippen LogP contribution in [-0.2, 0) is 13.2 Å². The van der Waals surface area contributed by atoms with Gasteiger partial charge in [-0.05, 0) is 25.8 Å². The van der Waals surface area contributed by atoms with E-state index >= 15 is 0 Å². The fraction of sp³-hybridized carbons (Fsp3) is 0.667. The molecule has 0 aromatic carbocycles. The zero-order valence-electron chi connectivity index (χ0n) is 13.0. The van der Waals surface area contributed by atoms with Crippen molar-refractivity contribution < 1.29 is 5.11 Å². The number of aliphatic hydroxyl groups excluding tert-OH is 1. The summed E-state index contributed by atoms with van der Waals surface area (Å²) in [7, 11) is 0. The van der Waals surface area contributed by atoms with Crippen LogP contribution in [0.2, 0.25) is 0 Å². The van der Waals surface area contributed by atoms with E-state index in [9.17, 15) is 0 Å². The molecule has 1 saturated carbocycles. The summed E-state index contributed by atoms with van der Waals surface area (Å²) in [5.74, 6) is 0. The lowest BCUT2D eigenvalue weighted by molar-refractivity contribution is 0.223. The van der Waals surface area contributed by atoms with Gasteiger partial charge in [-0.25, -0.2) is 4.68 Å². The van der Waals surface area contributed by atoms with Gasteiger partial charge in [0.25, 0.3) is 0 Å².